The van der Waals surface area contributed by atoms with Gasteiger partial charge in [-0.15, -0.1) is 0 Å². The van der Waals surface area contributed by atoms with Gasteiger partial charge in [0.05, 0.1) is 0 Å². The van der Waals surface area contributed by atoms with E-state index in [1.807, 2.05) is 27.7 Å². The number of carbonyl (C=O) groups excluding carboxylic acids is 1. The molecule has 94 valence electrons. The number of amides is 1. The molecular weight excluding hydrogens is 202 g/mol. The first-order chi connectivity index (χ1) is 6.92. The summed E-state index contributed by atoms with van der Waals surface area (Å²) in [5.41, 5.74) is 11.5. The zero-order chi connectivity index (χ0) is 13.1. The molecule has 4 nitrogen and oxygen atoms in total. The van der Waals surface area contributed by atoms with Crippen molar-refractivity contribution in [1.29, 1.82) is 0 Å². The van der Waals surface area contributed by atoms with Crippen molar-refractivity contribution in [1.82, 2.24) is 4.90 Å². The van der Waals surface area contributed by atoms with Gasteiger partial charge in [-0.05, 0) is 34.6 Å². The molecule has 0 atom stereocenters. The third-order valence-corrected chi connectivity index (χ3v) is 1.85. The van der Waals surface area contributed by atoms with Gasteiger partial charge in [-0.2, -0.15) is 0 Å². The number of rotatable bonds is 5. The smallest absolute Gasteiger partial charge is 0.249 e. The number of nitrogens with two attached hydrogens (primary N) is 2. The van der Waals surface area contributed by atoms with E-state index in [-0.39, 0.29) is 5.91 Å². The highest BCUT2D eigenvalue weighted by Gasteiger charge is 2.25. The molecule has 4 N–H and O–H groups in total. The summed E-state index contributed by atoms with van der Waals surface area (Å²) in [6.07, 6.45) is 0. The zero-order valence-corrected chi connectivity index (χ0v) is 11.1. The highest BCUT2D eigenvalue weighted by atomic mass is 16.2. The third kappa shape index (κ3) is 6.58. The van der Waals surface area contributed by atoms with Crippen LogP contribution in [0.5, 0.6) is 0 Å². The molecule has 0 saturated heterocycles. The van der Waals surface area contributed by atoms with Crippen molar-refractivity contribution in [2.45, 2.75) is 45.7 Å². The Labute approximate surface area is 98.7 Å². The molecule has 0 aliphatic heterocycles. The summed E-state index contributed by atoms with van der Waals surface area (Å²) >= 11 is 0. The van der Waals surface area contributed by atoms with E-state index in [9.17, 15) is 4.79 Å². The van der Waals surface area contributed by atoms with E-state index < -0.39 is 11.1 Å². The van der Waals surface area contributed by atoms with Crippen LogP contribution in [0.1, 0.15) is 34.6 Å². The van der Waals surface area contributed by atoms with E-state index in [1.54, 1.807) is 11.8 Å². The van der Waals surface area contributed by atoms with Gasteiger partial charge in [-0.3, -0.25) is 4.79 Å². The summed E-state index contributed by atoms with van der Waals surface area (Å²) in [5.74, 6) is -0.0861. The van der Waals surface area contributed by atoms with Gasteiger partial charge in [-0.1, -0.05) is 6.58 Å². The minimum absolute atomic E-state index is 0.0861. The van der Waals surface area contributed by atoms with Crippen LogP contribution < -0.4 is 11.5 Å². The molecule has 4 heteroatoms. The lowest BCUT2D eigenvalue weighted by Crippen LogP contribution is -2.54. The largest absolute Gasteiger partial charge is 0.335 e. The van der Waals surface area contributed by atoms with E-state index in [0.717, 1.165) is 0 Å². The lowest BCUT2D eigenvalue weighted by Gasteiger charge is -2.34. The van der Waals surface area contributed by atoms with Crippen molar-refractivity contribution in [3.05, 3.63) is 12.2 Å². The zero-order valence-electron chi connectivity index (χ0n) is 11.1. The Morgan fingerprint density at radius 3 is 1.62 bits per heavy atom. The molecule has 0 radical (unpaired) electrons. The SMILES string of the molecule is C=C(C)C(=O)N(CC(C)(C)N)CC(C)(C)N. The van der Waals surface area contributed by atoms with Crippen molar-refractivity contribution in [3.63, 3.8) is 0 Å². The second-order valence-electron chi connectivity index (χ2n) is 5.92. The van der Waals surface area contributed by atoms with Crippen molar-refractivity contribution in [3.8, 4) is 0 Å². The first-order valence-electron chi connectivity index (χ1n) is 5.45. The molecule has 1 amide bonds. The highest BCUT2D eigenvalue weighted by Crippen LogP contribution is 2.10. The molecule has 0 aliphatic carbocycles. The summed E-state index contributed by atoms with van der Waals surface area (Å²) in [6, 6.07) is 0. The fraction of sp³-hybridized carbons (Fsp3) is 0.750. The second-order valence-corrected chi connectivity index (χ2v) is 5.92. The molecule has 0 aliphatic rings. The van der Waals surface area contributed by atoms with Gasteiger partial charge in [0.25, 0.3) is 0 Å². The number of hydrogen-bond acceptors (Lipinski definition) is 3. The van der Waals surface area contributed by atoms with Crippen molar-refractivity contribution < 1.29 is 4.79 Å². The fourth-order valence-electron chi connectivity index (χ4n) is 1.45. The standard InChI is InChI=1S/C12H25N3O/c1-9(2)10(16)15(7-11(3,4)13)8-12(5,6)14/h1,7-8,13-14H2,2-6H3. The van der Waals surface area contributed by atoms with Crippen LogP contribution in [0, 0.1) is 0 Å². The maximum atomic E-state index is 11.9. The van der Waals surface area contributed by atoms with Crippen LogP contribution in [-0.4, -0.2) is 35.0 Å². The molecule has 0 spiro atoms. The predicted molar refractivity (Wildman–Crippen MR) is 67.9 cm³/mol. The summed E-state index contributed by atoms with van der Waals surface area (Å²) < 4.78 is 0. The van der Waals surface area contributed by atoms with E-state index in [4.69, 9.17) is 11.5 Å². The van der Waals surface area contributed by atoms with Gasteiger partial charge >= 0.3 is 0 Å². The number of nitrogens with zero attached hydrogens (tertiary/aromatic N) is 1. The van der Waals surface area contributed by atoms with E-state index in [0.29, 0.717) is 18.7 Å². The topological polar surface area (TPSA) is 72.3 Å². The molecule has 0 aromatic heterocycles. The molecule has 0 heterocycles. The highest BCUT2D eigenvalue weighted by molar-refractivity contribution is 5.92. The van der Waals surface area contributed by atoms with Crippen LogP contribution in [0.15, 0.2) is 12.2 Å². The van der Waals surface area contributed by atoms with Crippen LogP contribution in [0.25, 0.3) is 0 Å². The molecule has 0 rings (SSSR count). The van der Waals surface area contributed by atoms with Gasteiger partial charge in [-0.25, -0.2) is 0 Å². The van der Waals surface area contributed by atoms with Gasteiger partial charge in [0, 0.05) is 29.7 Å². The van der Waals surface area contributed by atoms with E-state index in [2.05, 4.69) is 6.58 Å². The summed E-state index contributed by atoms with van der Waals surface area (Å²) in [7, 11) is 0. The average molecular weight is 227 g/mol. The van der Waals surface area contributed by atoms with Crippen LogP contribution in [-0.2, 0) is 4.79 Å². The third-order valence-electron chi connectivity index (χ3n) is 1.85. The van der Waals surface area contributed by atoms with Crippen LogP contribution in [0.3, 0.4) is 0 Å². The first kappa shape index (κ1) is 15.1. The number of hydrogen-bond donors (Lipinski definition) is 2. The Hall–Kier alpha value is -0.870. The van der Waals surface area contributed by atoms with E-state index in [1.165, 1.54) is 0 Å². The van der Waals surface area contributed by atoms with Crippen LogP contribution in [0.4, 0.5) is 0 Å². The second kappa shape index (κ2) is 4.97. The monoisotopic (exact) mass is 227 g/mol. The lowest BCUT2D eigenvalue weighted by atomic mass is 10.0. The Morgan fingerprint density at radius 2 is 1.44 bits per heavy atom. The molecular formula is C12H25N3O. The van der Waals surface area contributed by atoms with Gasteiger partial charge in [0.1, 0.15) is 0 Å². The lowest BCUT2D eigenvalue weighted by molar-refractivity contribution is -0.128. The van der Waals surface area contributed by atoms with Gasteiger partial charge in [0.2, 0.25) is 5.91 Å². The molecule has 0 aromatic rings. The van der Waals surface area contributed by atoms with Crippen LogP contribution >= 0.6 is 0 Å². The quantitative estimate of drug-likeness (QED) is 0.684. The molecule has 0 unspecified atom stereocenters. The molecule has 16 heavy (non-hydrogen) atoms. The Balaban J connectivity index is 4.78. The summed E-state index contributed by atoms with van der Waals surface area (Å²) in [6.45, 7) is 13.8. The van der Waals surface area contributed by atoms with Crippen molar-refractivity contribution in [2.75, 3.05) is 13.1 Å². The fourth-order valence-corrected chi connectivity index (χ4v) is 1.45. The maximum Gasteiger partial charge on any atom is 0.249 e. The minimum Gasteiger partial charge on any atom is -0.335 e. The average Bonchev–Trinajstić information content (AvgIpc) is 1.95. The molecule has 0 fully saturated rings. The predicted octanol–water partition coefficient (Wildman–Crippen LogP) is 0.866. The molecule has 0 aromatic carbocycles. The van der Waals surface area contributed by atoms with Crippen LogP contribution in [0.2, 0.25) is 0 Å². The van der Waals surface area contributed by atoms with Gasteiger partial charge < -0.3 is 16.4 Å². The van der Waals surface area contributed by atoms with Crippen molar-refractivity contribution >= 4 is 5.91 Å². The first-order valence-corrected chi connectivity index (χ1v) is 5.45. The van der Waals surface area contributed by atoms with E-state index >= 15 is 0 Å². The maximum absolute atomic E-state index is 11.9. The Bertz CT molecular complexity index is 255. The molecule has 0 bridgehead atoms. The van der Waals surface area contributed by atoms with Gasteiger partial charge in [0.15, 0.2) is 0 Å². The molecule has 0 saturated carbocycles. The Kier molecular flexibility index (Phi) is 4.70. The number of carbonyl (C=O) groups is 1. The Morgan fingerprint density at radius 1 is 1.12 bits per heavy atom. The summed E-state index contributed by atoms with van der Waals surface area (Å²) in [4.78, 5) is 13.6. The summed E-state index contributed by atoms with van der Waals surface area (Å²) in [5, 5.41) is 0. The normalized spacial score (nSPS) is 12.4. The van der Waals surface area contributed by atoms with Crippen molar-refractivity contribution in [2.24, 2.45) is 11.5 Å². The minimum atomic E-state index is -0.434.